The summed E-state index contributed by atoms with van der Waals surface area (Å²) in [6, 6.07) is 85.4. The van der Waals surface area contributed by atoms with Gasteiger partial charge in [-0.1, -0.05) is 200 Å². The zero-order valence-electron chi connectivity index (χ0n) is 38.8. The van der Waals surface area contributed by atoms with Crippen molar-refractivity contribution >= 4 is 65.4 Å². The van der Waals surface area contributed by atoms with Crippen LogP contribution in [0.3, 0.4) is 0 Å². The highest BCUT2D eigenvalue weighted by atomic mass is 16.3. The number of pyridine rings is 3. The summed E-state index contributed by atoms with van der Waals surface area (Å²) in [6.07, 6.45) is 0. The second kappa shape index (κ2) is 14.8. The number of aromatic nitrogens is 3. The van der Waals surface area contributed by atoms with E-state index in [2.05, 4.69) is 231 Å². The van der Waals surface area contributed by atoms with Gasteiger partial charge < -0.3 is 4.42 Å². The summed E-state index contributed by atoms with van der Waals surface area (Å²) in [7, 11) is 0. The Labute approximate surface area is 414 Å². The normalized spacial score (nSPS) is 13.1. The van der Waals surface area contributed by atoms with Crippen LogP contribution in [0.25, 0.3) is 133 Å². The average molecular weight is 914 g/mol. The molecule has 0 radical (unpaired) electrons. The fourth-order valence-corrected chi connectivity index (χ4v) is 12.5. The van der Waals surface area contributed by atoms with Crippen molar-refractivity contribution in [1.82, 2.24) is 15.0 Å². The zero-order valence-corrected chi connectivity index (χ0v) is 38.8. The van der Waals surface area contributed by atoms with Gasteiger partial charge in [0.2, 0.25) is 0 Å². The van der Waals surface area contributed by atoms with E-state index in [1.807, 2.05) is 6.07 Å². The lowest BCUT2D eigenvalue weighted by Gasteiger charge is -2.30. The van der Waals surface area contributed by atoms with Crippen LogP contribution in [0, 0.1) is 0 Å². The van der Waals surface area contributed by atoms with E-state index in [0.29, 0.717) is 0 Å². The third-order valence-electron chi connectivity index (χ3n) is 15.7. The van der Waals surface area contributed by atoms with E-state index in [0.717, 1.165) is 110 Å². The number of fused-ring (bicyclic) bond motifs is 20. The number of furan rings is 1. The summed E-state index contributed by atoms with van der Waals surface area (Å²) in [6.45, 7) is 0. The van der Waals surface area contributed by atoms with Crippen LogP contribution in [0.15, 0.2) is 241 Å². The Hall–Kier alpha value is -9.51. The van der Waals surface area contributed by atoms with Gasteiger partial charge in [0.1, 0.15) is 11.2 Å². The van der Waals surface area contributed by atoms with Gasteiger partial charge in [-0.2, -0.15) is 0 Å². The van der Waals surface area contributed by atoms with Crippen LogP contribution in [-0.2, 0) is 5.41 Å². The highest BCUT2D eigenvalue weighted by Gasteiger charge is 2.51. The molecule has 0 saturated carbocycles. The number of rotatable bonds is 4. The monoisotopic (exact) mass is 913 g/mol. The first-order valence-electron chi connectivity index (χ1n) is 24.7. The first-order chi connectivity index (χ1) is 35.7. The van der Waals surface area contributed by atoms with Crippen molar-refractivity contribution in [2.75, 3.05) is 0 Å². The molecule has 0 aliphatic heterocycles. The van der Waals surface area contributed by atoms with E-state index in [1.165, 1.54) is 44.5 Å². The summed E-state index contributed by atoms with van der Waals surface area (Å²) in [4.78, 5) is 16.1. The lowest BCUT2D eigenvalue weighted by molar-refractivity contribution is 0.670. The van der Waals surface area contributed by atoms with Crippen molar-refractivity contribution < 1.29 is 4.42 Å². The van der Waals surface area contributed by atoms with E-state index < -0.39 is 5.41 Å². The van der Waals surface area contributed by atoms with Crippen molar-refractivity contribution in [3.63, 3.8) is 0 Å². The Kier molecular flexibility index (Phi) is 8.06. The molecular formula is C68H39N3O. The van der Waals surface area contributed by atoms with E-state index in [9.17, 15) is 0 Å². The number of hydrogen-bond acceptors (Lipinski definition) is 4. The molecule has 4 nitrogen and oxygen atoms in total. The lowest BCUT2D eigenvalue weighted by atomic mass is 9.70. The molecule has 2 aliphatic carbocycles. The van der Waals surface area contributed by atoms with Crippen LogP contribution in [0.5, 0.6) is 0 Å². The minimum Gasteiger partial charge on any atom is -0.455 e. The largest absolute Gasteiger partial charge is 0.455 e. The van der Waals surface area contributed by atoms with E-state index in [4.69, 9.17) is 19.4 Å². The van der Waals surface area contributed by atoms with Gasteiger partial charge in [-0.15, -0.1) is 0 Å². The van der Waals surface area contributed by atoms with Gasteiger partial charge in [-0.25, -0.2) is 15.0 Å². The quantitative estimate of drug-likeness (QED) is 0.165. The Bertz CT molecular complexity index is 4560. The smallest absolute Gasteiger partial charge is 0.143 e. The molecule has 0 fully saturated rings. The van der Waals surface area contributed by atoms with Crippen LogP contribution in [0.4, 0.5) is 0 Å². The van der Waals surface area contributed by atoms with E-state index in [1.54, 1.807) is 0 Å². The molecule has 10 aromatic carbocycles. The second-order valence-electron chi connectivity index (χ2n) is 19.3. The molecule has 4 aromatic heterocycles. The summed E-state index contributed by atoms with van der Waals surface area (Å²) in [5.74, 6) is 0. The van der Waals surface area contributed by atoms with Gasteiger partial charge >= 0.3 is 0 Å². The third-order valence-corrected chi connectivity index (χ3v) is 15.7. The molecule has 0 N–H and O–H groups in total. The molecule has 1 spiro atoms. The van der Waals surface area contributed by atoms with Crippen molar-refractivity contribution in [3.8, 4) is 67.2 Å². The lowest BCUT2D eigenvalue weighted by Crippen LogP contribution is -2.25. The molecule has 0 saturated heterocycles. The SMILES string of the molecule is c1ccc(-c2ccc3ccc4ccc(-c5ccc(-c6cc7c(-c8ccc9c(c8)C8(c%10ccccc%10-c%10ccccc%108)c8ccccc8-9)nc8ccccc8c7c7c6oc6ccccc67)cc5)nc4c3n2)cc1. The fourth-order valence-electron chi connectivity index (χ4n) is 12.5. The van der Waals surface area contributed by atoms with Gasteiger partial charge in [0.15, 0.2) is 0 Å². The predicted octanol–water partition coefficient (Wildman–Crippen LogP) is 17.4. The van der Waals surface area contributed by atoms with Gasteiger partial charge in [-0.05, 0) is 86.5 Å². The summed E-state index contributed by atoms with van der Waals surface area (Å²) in [5, 5.41) is 7.61. The highest BCUT2D eigenvalue weighted by molar-refractivity contribution is 6.30. The number of nitrogens with zero attached hydrogens (tertiary/aromatic N) is 3. The van der Waals surface area contributed by atoms with Gasteiger partial charge in [0.05, 0.1) is 39.0 Å². The topological polar surface area (TPSA) is 51.8 Å². The Morgan fingerprint density at radius 2 is 0.833 bits per heavy atom. The zero-order chi connectivity index (χ0) is 47.1. The molecule has 2 aliphatic rings. The van der Waals surface area contributed by atoms with E-state index >= 15 is 0 Å². The molecule has 16 rings (SSSR count). The van der Waals surface area contributed by atoms with Crippen molar-refractivity contribution in [1.29, 1.82) is 0 Å². The molecule has 14 aromatic rings. The molecule has 72 heavy (non-hydrogen) atoms. The Balaban J connectivity index is 0.909. The van der Waals surface area contributed by atoms with Crippen LogP contribution in [0.2, 0.25) is 0 Å². The molecule has 332 valence electrons. The molecule has 0 unspecified atom stereocenters. The molecule has 4 heterocycles. The maximum absolute atomic E-state index is 6.97. The minimum absolute atomic E-state index is 0.475. The average Bonchev–Trinajstić information content (AvgIpc) is 4.09. The summed E-state index contributed by atoms with van der Waals surface area (Å²) >= 11 is 0. The maximum Gasteiger partial charge on any atom is 0.143 e. The number of para-hydroxylation sites is 2. The van der Waals surface area contributed by atoms with Crippen molar-refractivity contribution in [2.24, 2.45) is 0 Å². The molecule has 0 amide bonds. The Morgan fingerprint density at radius 3 is 1.50 bits per heavy atom. The molecule has 0 bridgehead atoms. The standard InChI is InChI=1S/C68H39N3O/c1-2-14-41(15-3-1)58-36-33-43-30-31-44-34-37-59(70-66(44)65(43)69-58)42-28-26-40(27-29-42)52-39-53-62(63-51-20-8-13-25-61(51)72-67(52)63)50-19-7-12-24-60(50)71-64(53)45-32-35-49-48-18-6-11-23-56(48)68(57(49)38-45)54-21-9-4-16-46(54)47-17-5-10-22-55(47)68/h1-39H. The molecular weight excluding hydrogens is 875 g/mol. The first kappa shape index (κ1) is 39.3. The van der Waals surface area contributed by atoms with Crippen LogP contribution in [0.1, 0.15) is 22.3 Å². The first-order valence-corrected chi connectivity index (χ1v) is 24.7. The number of benzene rings is 10. The Morgan fingerprint density at radius 1 is 0.319 bits per heavy atom. The number of hydrogen-bond donors (Lipinski definition) is 0. The highest BCUT2D eigenvalue weighted by Crippen LogP contribution is 2.63. The van der Waals surface area contributed by atoms with Crippen molar-refractivity contribution in [2.45, 2.75) is 5.41 Å². The van der Waals surface area contributed by atoms with Gasteiger partial charge in [0.25, 0.3) is 0 Å². The maximum atomic E-state index is 6.97. The minimum atomic E-state index is -0.475. The summed E-state index contributed by atoms with van der Waals surface area (Å²) in [5.41, 5.74) is 22.4. The molecule has 4 heteroatoms. The van der Waals surface area contributed by atoms with E-state index in [-0.39, 0.29) is 0 Å². The predicted molar refractivity (Wildman–Crippen MR) is 295 cm³/mol. The second-order valence-corrected chi connectivity index (χ2v) is 19.3. The summed E-state index contributed by atoms with van der Waals surface area (Å²) < 4.78 is 6.97. The van der Waals surface area contributed by atoms with Gasteiger partial charge in [0, 0.05) is 60.0 Å². The molecule has 0 atom stereocenters. The fraction of sp³-hybridized carbons (Fsp3) is 0.0147. The van der Waals surface area contributed by atoms with Crippen molar-refractivity contribution in [3.05, 3.63) is 259 Å². The van der Waals surface area contributed by atoms with Crippen LogP contribution >= 0.6 is 0 Å². The van der Waals surface area contributed by atoms with Crippen LogP contribution < -0.4 is 0 Å². The van der Waals surface area contributed by atoms with Gasteiger partial charge in [-0.3, -0.25) is 0 Å². The van der Waals surface area contributed by atoms with Crippen LogP contribution in [-0.4, -0.2) is 15.0 Å². The third kappa shape index (κ3) is 5.38.